The fourth-order valence-electron chi connectivity index (χ4n) is 2.49. The van der Waals surface area contributed by atoms with Crippen molar-refractivity contribution in [2.75, 3.05) is 0 Å². The quantitative estimate of drug-likeness (QED) is 0.674. The summed E-state index contributed by atoms with van der Waals surface area (Å²) >= 11 is 0. The number of pyridine rings is 1. The molecule has 0 aromatic carbocycles. The summed E-state index contributed by atoms with van der Waals surface area (Å²) in [4.78, 5) is 20.3. The topological polar surface area (TPSA) is 80.9 Å². The van der Waals surface area contributed by atoms with Crippen LogP contribution in [0.3, 0.4) is 0 Å². The lowest BCUT2D eigenvalue weighted by Crippen LogP contribution is -2.32. The Kier molecular flexibility index (Phi) is 7.39. The molecule has 0 aliphatic heterocycles. The van der Waals surface area contributed by atoms with Crippen LogP contribution in [0.2, 0.25) is 0 Å². The van der Waals surface area contributed by atoms with Crippen LogP contribution in [0, 0.1) is 0 Å². The van der Waals surface area contributed by atoms with Gasteiger partial charge in [-0.2, -0.15) is 4.98 Å². The first-order chi connectivity index (χ1) is 11.7. The second kappa shape index (κ2) is 9.80. The van der Waals surface area contributed by atoms with Gasteiger partial charge in [-0.3, -0.25) is 9.78 Å². The molecule has 0 aliphatic carbocycles. The molecule has 0 bridgehead atoms. The van der Waals surface area contributed by atoms with E-state index in [1.807, 2.05) is 12.1 Å². The highest BCUT2D eigenvalue weighted by Crippen LogP contribution is 2.14. The lowest BCUT2D eigenvalue weighted by molar-refractivity contribution is -0.121. The van der Waals surface area contributed by atoms with Crippen molar-refractivity contribution in [2.24, 2.45) is 0 Å². The summed E-state index contributed by atoms with van der Waals surface area (Å²) in [5.74, 6) is 1.03. The number of hydrogen-bond acceptors (Lipinski definition) is 5. The van der Waals surface area contributed by atoms with Crippen LogP contribution in [0.5, 0.6) is 0 Å². The van der Waals surface area contributed by atoms with Crippen LogP contribution < -0.4 is 5.32 Å². The summed E-state index contributed by atoms with van der Waals surface area (Å²) in [5.41, 5.74) is 0.852. The minimum atomic E-state index is 0.0293. The Bertz CT molecular complexity index is 612. The van der Waals surface area contributed by atoms with Gasteiger partial charge in [0.1, 0.15) is 0 Å². The number of carbonyl (C=O) groups excluding carboxylic acids is 1. The van der Waals surface area contributed by atoms with Gasteiger partial charge in [0.2, 0.25) is 17.6 Å². The molecule has 0 saturated heterocycles. The van der Waals surface area contributed by atoms with E-state index in [-0.39, 0.29) is 11.9 Å². The SMILES string of the molecule is CCCCCCC(C)NC(=O)CCc1nc(-c2ccncc2)no1. The highest BCUT2D eigenvalue weighted by Gasteiger charge is 2.12. The molecular formula is C18H26N4O2. The molecule has 0 spiro atoms. The molecule has 1 atom stereocenters. The summed E-state index contributed by atoms with van der Waals surface area (Å²) < 4.78 is 5.20. The third-order valence-corrected chi connectivity index (χ3v) is 3.87. The molecule has 2 heterocycles. The molecule has 130 valence electrons. The first-order valence-corrected chi connectivity index (χ1v) is 8.71. The fraction of sp³-hybridized carbons (Fsp3) is 0.556. The maximum atomic E-state index is 12.0. The Morgan fingerprint density at radius 3 is 2.79 bits per heavy atom. The van der Waals surface area contributed by atoms with Crippen molar-refractivity contribution in [3.8, 4) is 11.4 Å². The van der Waals surface area contributed by atoms with Crippen molar-refractivity contribution in [2.45, 2.75) is 64.8 Å². The lowest BCUT2D eigenvalue weighted by Gasteiger charge is -2.13. The highest BCUT2D eigenvalue weighted by molar-refractivity contribution is 5.76. The molecule has 1 unspecified atom stereocenters. The summed E-state index contributed by atoms with van der Waals surface area (Å²) in [5, 5.41) is 6.97. The molecule has 1 amide bonds. The Labute approximate surface area is 143 Å². The van der Waals surface area contributed by atoms with E-state index in [0.29, 0.717) is 24.6 Å². The molecule has 24 heavy (non-hydrogen) atoms. The van der Waals surface area contributed by atoms with E-state index < -0.39 is 0 Å². The maximum absolute atomic E-state index is 12.0. The molecular weight excluding hydrogens is 304 g/mol. The Morgan fingerprint density at radius 2 is 2.04 bits per heavy atom. The highest BCUT2D eigenvalue weighted by atomic mass is 16.5. The molecule has 2 aromatic rings. The fourth-order valence-corrected chi connectivity index (χ4v) is 2.49. The van der Waals surface area contributed by atoms with Crippen LogP contribution in [0.1, 0.15) is 58.3 Å². The van der Waals surface area contributed by atoms with E-state index in [0.717, 1.165) is 18.4 Å². The van der Waals surface area contributed by atoms with Crippen LogP contribution >= 0.6 is 0 Å². The molecule has 1 N–H and O–H groups in total. The normalized spacial score (nSPS) is 12.1. The number of nitrogens with one attached hydrogen (secondary N) is 1. The summed E-state index contributed by atoms with van der Waals surface area (Å²) in [7, 11) is 0. The average Bonchev–Trinajstić information content (AvgIpc) is 3.07. The van der Waals surface area contributed by atoms with Gasteiger partial charge in [0.15, 0.2) is 0 Å². The van der Waals surface area contributed by atoms with Crippen LogP contribution in [0.15, 0.2) is 29.0 Å². The molecule has 2 rings (SSSR count). The largest absolute Gasteiger partial charge is 0.354 e. The number of aryl methyl sites for hydroxylation is 1. The van der Waals surface area contributed by atoms with Crippen LogP contribution in [-0.2, 0) is 11.2 Å². The smallest absolute Gasteiger partial charge is 0.227 e. The number of hydrogen-bond donors (Lipinski definition) is 1. The van der Waals surface area contributed by atoms with Crippen LogP contribution in [0.4, 0.5) is 0 Å². The summed E-state index contributed by atoms with van der Waals surface area (Å²) in [6.45, 7) is 4.25. The first-order valence-electron chi connectivity index (χ1n) is 8.71. The minimum absolute atomic E-state index is 0.0293. The van der Waals surface area contributed by atoms with E-state index in [1.54, 1.807) is 12.4 Å². The lowest BCUT2D eigenvalue weighted by atomic mass is 10.1. The zero-order chi connectivity index (χ0) is 17.2. The van der Waals surface area contributed by atoms with E-state index in [1.165, 1.54) is 19.3 Å². The van der Waals surface area contributed by atoms with E-state index in [4.69, 9.17) is 4.52 Å². The van der Waals surface area contributed by atoms with E-state index in [9.17, 15) is 4.79 Å². The maximum Gasteiger partial charge on any atom is 0.227 e. The summed E-state index contributed by atoms with van der Waals surface area (Å²) in [6.07, 6.45) is 10.1. The van der Waals surface area contributed by atoms with E-state index >= 15 is 0 Å². The van der Waals surface area contributed by atoms with Crippen molar-refractivity contribution in [1.82, 2.24) is 20.4 Å². The Balaban J connectivity index is 1.71. The predicted molar refractivity (Wildman–Crippen MR) is 92.2 cm³/mol. The number of rotatable bonds is 10. The average molecular weight is 330 g/mol. The standard InChI is InChI=1S/C18H26N4O2/c1-3-4-5-6-7-14(2)20-16(23)8-9-17-21-18(22-24-17)15-10-12-19-13-11-15/h10-14H,3-9H2,1-2H3,(H,20,23). The van der Waals surface area contributed by atoms with Gasteiger partial charge in [0.05, 0.1) is 0 Å². The van der Waals surface area contributed by atoms with Crippen LogP contribution in [-0.4, -0.2) is 27.1 Å². The zero-order valence-corrected chi connectivity index (χ0v) is 14.5. The van der Waals surface area contributed by atoms with Crippen molar-refractivity contribution >= 4 is 5.91 Å². The third-order valence-electron chi connectivity index (χ3n) is 3.87. The molecule has 0 fully saturated rings. The second-order valence-electron chi connectivity index (χ2n) is 6.07. The van der Waals surface area contributed by atoms with Gasteiger partial charge in [-0.1, -0.05) is 37.8 Å². The van der Waals surface area contributed by atoms with Crippen LogP contribution in [0.25, 0.3) is 11.4 Å². The number of carbonyl (C=O) groups is 1. The molecule has 0 radical (unpaired) electrons. The molecule has 2 aromatic heterocycles. The van der Waals surface area contributed by atoms with Crippen molar-refractivity contribution in [3.63, 3.8) is 0 Å². The molecule has 6 heteroatoms. The van der Waals surface area contributed by atoms with Gasteiger partial charge in [-0.25, -0.2) is 0 Å². The zero-order valence-electron chi connectivity index (χ0n) is 14.5. The molecule has 6 nitrogen and oxygen atoms in total. The van der Waals surface area contributed by atoms with Gasteiger partial charge in [-0.05, 0) is 25.5 Å². The van der Waals surface area contributed by atoms with Crippen molar-refractivity contribution in [1.29, 1.82) is 0 Å². The monoisotopic (exact) mass is 330 g/mol. The molecule has 0 aliphatic rings. The number of unbranched alkanes of at least 4 members (excludes halogenated alkanes) is 3. The minimum Gasteiger partial charge on any atom is -0.354 e. The van der Waals surface area contributed by atoms with Gasteiger partial charge >= 0.3 is 0 Å². The Hall–Kier alpha value is -2.24. The van der Waals surface area contributed by atoms with Crippen molar-refractivity contribution in [3.05, 3.63) is 30.4 Å². The number of amides is 1. The first kappa shape index (κ1) is 18.1. The van der Waals surface area contributed by atoms with Gasteiger partial charge in [0, 0.05) is 36.8 Å². The second-order valence-corrected chi connectivity index (χ2v) is 6.07. The Morgan fingerprint density at radius 1 is 1.25 bits per heavy atom. The summed E-state index contributed by atoms with van der Waals surface area (Å²) in [6, 6.07) is 3.85. The third kappa shape index (κ3) is 6.10. The van der Waals surface area contributed by atoms with Crippen molar-refractivity contribution < 1.29 is 9.32 Å². The van der Waals surface area contributed by atoms with E-state index in [2.05, 4.69) is 34.3 Å². The van der Waals surface area contributed by atoms with Gasteiger partial charge in [0.25, 0.3) is 0 Å². The number of aromatic nitrogens is 3. The molecule has 0 saturated carbocycles. The van der Waals surface area contributed by atoms with Gasteiger partial charge < -0.3 is 9.84 Å². The predicted octanol–water partition coefficient (Wildman–Crippen LogP) is 3.54. The van der Waals surface area contributed by atoms with Gasteiger partial charge in [-0.15, -0.1) is 0 Å². The number of nitrogens with zero attached hydrogens (tertiary/aromatic N) is 3.